The van der Waals surface area contributed by atoms with Gasteiger partial charge in [-0.1, -0.05) is 0 Å². The monoisotopic (exact) mass is 161 g/mol. The third kappa shape index (κ3) is 7.29. The van der Waals surface area contributed by atoms with E-state index in [4.69, 9.17) is 15.6 Å². The number of carbonyl (C=O) groups is 1. The average molecular weight is 161 g/mol. The molecule has 4 heteroatoms. The lowest BCUT2D eigenvalue weighted by Gasteiger charge is -2.11. The van der Waals surface area contributed by atoms with E-state index in [-0.39, 0.29) is 12.5 Å². The summed E-state index contributed by atoms with van der Waals surface area (Å²) in [6.45, 7) is 4.07. The molecule has 0 saturated heterocycles. The molecule has 0 radical (unpaired) electrons. The summed E-state index contributed by atoms with van der Waals surface area (Å²) < 4.78 is 5.12. The first kappa shape index (κ1) is 10.4. The fourth-order valence-corrected chi connectivity index (χ4v) is 0.599. The predicted molar refractivity (Wildman–Crippen MR) is 41.3 cm³/mol. The number of carboxylic acid groups (broad SMARTS) is 1. The van der Waals surface area contributed by atoms with Gasteiger partial charge in [-0.25, -0.2) is 0 Å². The Balaban J connectivity index is 3.37. The third-order valence-corrected chi connectivity index (χ3v) is 1.08. The van der Waals surface area contributed by atoms with Crippen LogP contribution in [-0.2, 0) is 9.53 Å². The minimum atomic E-state index is -0.884. The van der Waals surface area contributed by atoms with Gasteiger partial charge in [0.1, 0.15) is 0 Å². The van der Waals surface area contributed by atoms with Crippen molar-refractivity contribution in [1.29, 1.82) is 0 Å². The molecular formula is C7H15NO3. The minimum Gasteiger partial charge on any atom is -0.481 e. The van der Waals surface area contributed by atoms with E-state index >= 15 is 0 Å². The van der Waals surface area contributed by atoms with Crippen molar-refractivity contribution in [3.05, 3.63) is 0 Å². The van der Waals surface area contributed by atoms with Crippen LogP contribution in [0, 0.1) is 0 Å². The number of rotatable bonds is 5. The van der Waals surface area contributed by atoms with Crippen LogP contribution in [0.25, 0.3) is 0 Å². The molecule has 0 aliphatic heterocycles. The molecule has 0 fully saturated rings. The topological polar surface area (TPSA) is 72.5 Å². The molecule has 66 valence electrons. The maximum absolute atomic E-state index is 10.1. The Bertz CT molecular complexity index is 125. The molecule has 0 aliphatic rings. The summed E-state index contributed by atoms with van der Waals surface area (Å²) in [6.07, 6.45) is 0.0713. The molecule has 0 rings (SSSR count). The number of aliphatic carboxylic acids is 1. The largest absolute Gasteiger partial charge is 0.481 e. The van der Waals surface area contributed by atoms with Crippen LogP contribution in [0.2, 0.25) is 0 Å². The Kier molecular flexibility index (Phi) is 4.81. The van der Waals surface area contributed by atoms with E-state index < -0.39 is 12.0 Å². The van der Waals surface area contributed by atoms with Crippen LogP contribution in [0.3, 0.4) is 0 Å². The first-order chi connectivity index (χ1) is 5.02. The highest BCUT2D eigenvalue weighted by atomic mass is 16.5. The van der Waals surface area contributed by atoms with Crippen molar-refractivity contribution in [2.75, 3.05) is 6.61 Å². The highest BCUT2D eigenvalue weighted by Crippen LogP contribution is 1.93. The maximum atomic E-state index is 10.1. The van der Waals surface area contributed by atoms with Crippen LogP contribution >= 0.6 is 0 Å². The van der Waals surface area contributed by atoms with Crippen LogP contribution < -0.4 is 5.73 Å². The normalized spacial score (nSPS) is 13.5. The summed E-state index contributed by atoms with van der Waals surface area (Å²) in [4.78, 5) is 10.1. The molecule has 0 aromatic carbocycles. The van der Waals surface area contributed by atoms with Gasteiger partial charge in [0.25, 0.3) is 0 Å². The number of nitrogens with two attached hydrogens (primary N) is 1. The SMILES string of the molecule is CC(C)OCC(N)CC(=O)O. The van der Waals surface area contributed by atoms with Crippen molar-refractivity contribution in [1.82, 2.24) is 0 Å². The summed E-state index contributed by atoms with van der Waals surface area (Å²) in [6, 6.07) is -0.394. The number of ether oxygens (including phenoxy) is 1. The van der Waals surface area contributed by atoms with E-state index in [0.717, 1.165) is 0 Å². The Morgan fingerprint density at radius 3 is 2.55 bits per heavy atom. The van der Waals surface area contributed by atoms with Gasteiger partial charge >= 0.3 is 5.97 Å². The molecule has 4 nitrogen and oxygen atoms in total. The van der Waals surface area contributed by atoms with E-state index in [0.29, 0.717) is 6.61 Å². The molecular weight excluding hydrogens is 146 g/mol. The highest BCUT2D eigenvalue weighted by Gasteiger charge is 2.08. The standard InChI is InChI=1S/C7H15NO3/c1-5(2)11-4-6(8)3-7(9)10/h5-6H,3-4,8H2,1-2H3,(H,9,10). The second-order valence-corrected chi connectivity index (χ2v) is 2.74. The van der Waals surface area contributed by atoms with Crippen molar-refractivity contribution in [2.24, 2.45) is 5.73 Å². The molecule has 0 bridgehead atoms. The van der Waals surface area contributed by atoms with Crippen molar-refractivity contribution in [3.63, 3.8) is 0 Å². The number of hydrogen-bond donors (Lipinski definition) is 2. The lowest BCUT2D eigenvalue weighted by molar-refractivity contribution is -0.137. The zero-order chi connectivity index (χ0) is 8.85. The summed E-state index contributed by atoms with van der Waals surface area (Å²) in [5.74, 6) is -0.884. The summed E-state index contributed by atoms with van der Waals surface area (Å²) in [7, 11) is 0. The molecule has 0 amide bonds. The second kappa shape index (κ2) is 5.09. The van der Waals surface area contributed by atoms with Crippen LogP contribution in [0.1, 0.15) is 20.3 Å². The van der Waals surface area contributed by atoms with Crippen molar-refractivity contribution < 1.29 is 14.6 Å². The predicted octanol–water partition coefficient (Wildman–Crippen LogP) is 0.213. The van der Waals surface area contributed by atoms with E-state index in [2.05, 4.69) is 0 Å². The Morgan fingerprint density at radius 2 is 2.18 bits per heavy atom. The lowest BCUT2D eigenvalue weighted by Crippen LogP contribution is -2.30. The van der Waals surface area contributed by atoms with Gasteiger partial charge in [-0.15, -0.1) is 0 Å². The summed E-state index contributed by atoms with van der Waals surface area (Å²) in [5, 5.41) is 8.31. The Hall–Kier alpha value is -0.610. The molecule has 0 aromatic heterocycles. The summed E-state index contributed by atoms with van der Waals surface area (Å²) in [5.41, 5.74) is 5.42. The minimum absolute atomic E-state index is 0.0350. The van der Waals surface area contributed by atoms with Gasteiger partial charge in [0, 0.05) is 6.04 Å². The average Bonchev–Trinajstić information content (AvgIpc) is 1.82. The van der Waals surface area contributed by atoms with Gasteiger partial charge in [-0.2, -0.15) is 0 Å². The Labute approximate surface area is 66.3 Å². The van der Waals surface area contributed by atoms with E-state index in [9.17, 15) is 4.79 Å². The van der Waals surface area contributed by atoms with E-state index in [1.54, 1.807) is 0 Å². The fourth-order valence-electron chi connectivity index (χ4n) is 0.599. The molecule has 0 spiro atoms. The molecule has 3 N–H and O–H groups in total. The lowest BCUT2D eigenvalue weighted by atomic mass is 10.2. The van der Waals surface area contributed by atoms with Crippen molar-refractivity contribution in [2.45, 2.75) is 32.4 Å². The molecule has 0 aliphatic carbocycles. The molecule has 1 unspecified atom stereocenters. The van der Waals surface area contributed by atoms with Gasteiger partial charge in [-0.3, -0.25) is 4.79 Å². The Morgan fingerprint density at radius 1 is 1.64 bits per heavy atom. The van der Waals surface area contributed by atoms with Gasteiger partial charge in [-0.05, 0) is 13.8 Å². The van der Waals surface area contributed by atoms with Crippen LogP contribution in [0.4, 0.5) is 0 Å². The van der Waals surface area contributed by atoms with Gasteiger partial charge in [0.15, 0.2) is 0 Å². The van der Waals surface area contributed by atoms with Crippen LogP contribution in [-0.4, -0.2) is 29.8 Å². The second-order valence-electron chi connectivity index (χ2n) is 2.74. The first-order valence-corrected chi connectivity index (χ1v) is 3.61. The highest BCUT2D eigenvalue weighted by molar-refractivity contribution is 5.67. The van der Waals surface area contributed by atoms with Crippen LogP contribution in [0.5, 0.6) is 0 Å². The van der Waals surface area contributed by atoms with Crippen LogP contribution in [0.15, 0.2) is 0 Å². The molecule has 0 saturated carbocycles. The van der Waals surface area contributed by atoms with Gasteiger partial charge < -0.3 is 15.6 Å². The fraction of sp³-hybridized carbons (Fsp3) is 0.857. The third-order valence-electron chi connectivity index (χ3n) is 1.08. The number of carboxylic acids is 1. The molecule has 11 heavy (non-hydrogen) atoms. The quantitative estimate of drug-likeness (QED) is 0.604. The van der Waals surface area contributed by atoms with Gasteiger partial charge in [0.05, 0.1) is 19.1 Å². The smallest absolute Gasteiger partial charge is 0.305 e. The zero-order valence-corrected chi connectivity index (χ0v) is 6.91. The van der Waals surface area contributed by atoms with Crippen molar-refractivity contribution in [3.8, 4) is 0 Å². The molecule has 0 aromatic rings. The number of hydrogen-bond acceptors (Lipinski definition) is 3. The van der Waals surface area contributed by atoms with E-state index in [1.807, 2.05) is 13.8 Å². The molecule has 0 heterocycles. The van der Waals surface area contributed by atoms with Crippen molar-refractivity contribution >= 4 is 5.97 Å². The van der Waals surface area contributed by atoms with E-state index in [1.165, 1.54) is 0 Å². The molecule has 1 atom stereocenters. The van der Waals surface area contributed by atoms with Gasteiger partial charge in [0.2, 0.25) is 0 Å². The summed E-state index contributed by atoms with van der Waals surface area (Å²) >= 11 is 0. The first-order valence-electron chi connectivity index (χ1n) is 3.61. The zero-order valence-electron chi connectivity index (χ0n) is 6.91. The maximum Gasteiger partial charge on any atom is 0.305 e.